The number of nitrogens with two attached hydrogens (primary N) is 2. The number of hydrogen-bond acceptors (Lipinski definition) is 3. The van der Waals surface area contributed by atoms with E-state index in [4.69, 9.17) is 11.5 Å². The Kier molecular flexibility index (Phi) is 7.82. The summed E-state index contributed by atoms with van der Waals surface area (Å²) >= 11 is 0. The van der Waals surface area contributed by atoms with Crippen LogP contribution in [0.4, 0.5) is 13.2 Å². The van der Waals surface area contributed by atoms with Crippen LogP contribution in [0.25, 0.3) is 0 Å². The summed E-state index contributed by atoms with van der Waals surface area (Å²) in [5, 5.41) is 0. The molecule has 0 aliphatic heterocycles. The fourth-order valence-electron chi connectivity index (χ4n) is 1.59. The van der Waals surface area contributed by atoms with Crippen molar-refractivity contribution >= 4 is 12.4 Å². The molecule has 1 aromatic rings. The van der Waals surface area contributed by atoms with Crippen LogP contribution in [0.3, 0.4) is 0 Å². The predicted molar refractivity (Wildman–Crippen MR) is 70.2 cm³/mol. The molecule has 3 nitrogen and oxygen atoms in total. The summed E-state index contributed by atoms with van der Waals surface area (Å²) in [5.74, 6) is -0.236. The first-order valence-corrected chi connectivity index (χ1v) is 5.74. The summed E-state index contributed by atoms with van der Waals surface area (Å²) in [6, 6.07) is 5.45. The van der Waals surface area contributed by atoms with Crippen LogP contribution >= 0.6 is 12.4 Å². The van der Waals surface area contributed by atoms with Gasteiger partial charge in [0.05, 0.1) is 0 Å². The lowest BCUT2D eigenvalue weighted by Gasteiger charge is -2.13. The van der Waals surface area contributed by atoms with Crippen molar-refractivity contribution in [2.75, 3.05) is 6.54 Å². The highest BCUT2D eigenvalue weighted by Crippen LogP contribution is 2.25. The van der Waals surface area contributed by atoms with Crippen molar-refractivity contribution in [1.29, 1.82) is 0 Å². The summed E-state index contributed by atoms with van der Waals surface area (Å²) in [6.45, 7) is 0.616. The molecule has 1 aromatic carbocycles. The lowest BCUT2D eigenvalue weighted by molar-refractivity contribution is -0.274. The molecule has 0 aliphatic rings. The van der Waals surface area contributed by atoms with E-state index in [0.29, 0.717) is 6.54 Å². The van der Waals surface area contributed by atoms with Gasteiger partial charge in [-0.05, 0) is 37.1 Å². The van der Waals surface area contributed by atoms with Crippen LogP contribution in [0.5, 0.6) is 5.75 Å². The first kappa shape index (κ1) is 18.0. The van der Waals surface area contributed by atoms with Crippen LogP contribution in [-0.4, -0.2) is 12.9 Å². The highest BCUT2D eigenvalue weighted by molar-refractivity contribution is 5.85. The van der Waals surface area contributed by atoms with Crippen LogP contribution in [0, 0.1) is 0 Å². The van der Waals surface area contributed by atoms with Crippen molar-refractivity contribution in [2.45, 2.75) is 31.7 Å². The van der Waals surface area contributed by atoms with E-state index in [2.05, 4.69) is 4.74 Å². The number of hydrogen-bond donors (Lipinski definition) is 2. The molecule has 0 saturated heterocycles. The molecular formula is C12H18ClF3N2O. The molecule has 0 aliphatic carbocycles. The Morgan fingerprint density at radius 3 is 2.16 bits per heavy atom. The number of alkyl halides is 3. The van der Waals surface area contributed by atoms with Crippen molar-refractivity contribution in [3.8, 4) is 5.75 Å². The standard InChI is InChI=1S/C12H17F3N2O.ClH/c13-12(14,15)18-10-6-4-9(5-7-10)11(17)3-1-2-8-16;/h4-7,11H,1-3,8,16-17H2;1H/t11-;/m1./s1. The minimum atomic E-state index is -4.66. The van der Waals surface area contributed by atoms with Crippen LogP contribution in [0.2, 0.25) is 0 Å². The van der Waals surface area contributed by atoms with Crippen molar-refractivity contribution in [3.63, 3.8) is 0 Å². The number of unbranched alkanes of at least 4 members (excludes halogenated alkanes) is 1. The molecule has 0 spiro atoms. The van der Waals surface area contributed by atoms with E-state index in [9.17, 15) is 13.2 Å². The van der Waals surface area contributed by atoms with Crippen LogP contribution in [0.1, 0.15) is 30.9 Å². The Balaban J connectivity index is 0.00000324. The average Bonchev–Trinajstić information content (AvgIpc) is 2.28. The van der Waals surface area contributed by atoms with Gasteiger partial charge in [-0.25, -0.2) is 0 Å². The zero-order chi connectivity index (χ0) is 13.6. The van der Waals surface area contributed by atoms with E-state index in [1.165, 1.54) is 12.1 Å². The molecule has 0 amide bonds. The molecule has 0 radical (unpaired) electrons. The molecule has 0 saturated carbocycles. The average molecular weight is 299 g/mol. The maximum absolute atomic E-state index is 11.9. The van der Waals surface area contributed by atoms with Crippen LogP contribution in [-0.2, 0) is 0 Å². The fourth-order valence-corrected chi connectivity index (χ4v) is 1.59. The maximum Gasteiger partial charge on any atom is 0.573 e. The van der Waals surface area contributed by atoms with Crippen molar-refractivity contribution in [1.82, 2.24) is 0 Å². The molecule has 1 atom stereocenters. The Morgan fingerprint density at radius 1 is 1.11 bits per heavy atom. The number of halogens is 4. The van der Waals surface area contributed by atoms with Crippen LogP contribution < -0.4 is 16.2 Å². The third-order valence-corrected chi connectivity index (χ3v) is 2.51. The molecule has 0 fully saturated rings. The number of rotatable bonds is 6. The molecule has 0 bridgehead atoms. The highest BCUT2D eigenvalue weighted by Gasteiger charge is 2.30. The van der Waals surface area contributed by atoms with Gasteiger partial charge in [0.25, 0.3) is 0 Å². The fraction of sp³-hybridized carbons (Fsp3) is 0.500. The Bertz CT molecular complexity index is 357. The SMILES string of the molecule is Cl.NCCCC[C@@H](N)c1ccc(OC(F)(F)F)cc1. The molecule has 110 valence electrons. The zero-order valence-electron chi connectivity index (χ0n) is 10.3. The molecule has 4 N–H and O–H groups in total. The summed E-state index contributed by atoms with van der Waals surface area (Å²) in [5.41, 5.74) is 12.1. The normalized spacial score (nSPS) is 12.7. The molecule has 7 heteroatoms. The van der Waals surface area contributed by atoms with Crippen molar-refractivity contribution in [3.05, 3.63) is 29.8 Å². The monoisotopic (exact) mass is 298 g/mol. The van der Waals surface area contributed by atoms with Gasteiger partial charge in [0.15, 0.2) is 0 Å². The third kappa shape index (κ3) is 7.25. The van der Waals surface area contributed by atoms with Crippen molar-refractivity contribution in [2.24, 2.45) is 11.5 Å². The number of benzene rings is 1. The first-order chi connectivity index (χ1) is 8.42. The molecule has 19 heavy (non-hydrogen) atoms. The molecule has 0 heterocycles. The summed E-state index contributed by atoms with van der Waals surface area (Å²) in [7, 11) is 0. The number of ether oxygens (including phenoxy) is 1. The quantitative estimate of drug-likeness (QED) is 0.793. The van der Waals surface area contributed by atoms with Gasteiger partial charge in [0, 0.05) is 6.04 Å². The van der Waals surface area contributed by atoms with E-state index >= 15 is 0 Å². The van der Waals surface area contributed by atoms with E-state index in [1.807, 2.05) is 0 Å². The Labute approximate surface area is 116 Å². The van der Waals surface area contributed by atoms with Gasteiger partial charge in [-0.1, -0.05) is 18.6 Å². The summed E-state index contributed by atoms with van der Waals surface area (Å²) in [6.07, 6.45) is -2.11. The van der Waals surface area contributed by atoms with Gasteiger partial charge in [-0.3, -0.25) is 0 Å². The second-order valence-corrected chi connectivity index (χ2v) is 4.01. The van der Waals surface area contributed by atoms with Gasteiger partial charge in [0.2, 0.25) is 0 Å². The van der Waals surface area contributed by atoms with Gasteiger partial charge < -0.3 is 16.2 Å². The summed E-state index contributed by atoms with van der Waals surface area (Å²) in [4.78, 5) is 0. The van der Waals surface area contributed by atoms with Crippen LogP contribution in [0.15, 0.2) is 24.3 Å². The highest BCUT2D eigenvalue weighted by atomic mass is 35.5. The molecule has 0 unspecified atom stereocenters. The third-order valence-electron chi connectivity index (χ3n) is 2.51. The smallest absolute Gasteiger partial charge is 0.406 e. The van der Waals surface area contributed by atoms with E-state index in [-0.39, 0.29) is 24.2 Å². The molecule has 0 aromatic heterocycles. The topological polar surface area (TPSA) is 61.3 Å². The zero-order valence-corrected chi connectivity index (χ0v) is 11.1. The maximum atomic E-state index is 11.9. The van der Waals surface area contributed by atoms with E-state index < -0.39 is 6.36 Å². The lowest BCUT2D eigenvalue weighted by Crippen LogP contribution is -2.17. The summed E-state index contributed by atoms with van der Waals surface area (Å²) < 4.78 is 39.6. The second-order valence-electron chi connectivity index (χ2n) is 4.01. The minimum Gasteiger partial charge on any atom is -0.406 e. The van der Waals surface area contributed by atoms with E-state index in [1.54, 1.807) is 12.1 Å². The molecule has 1 rings (SSSR count). The van der Waals surface area contributed by atoms with Gasteiger partial charge in [0.1, 0.15) is 5.75 Å². The second kappa shape index (κ2) is 8.24. The molecular weight excluding hydrogens is 281 g/mol. The van der Waals surface area contributed by atoms with Crippen molar-refractivity contribution < 1.29 is 17.9 Å². The Hall–Kier alpha value is -0.980. The minimum absolute atomic E-state index is 0. The first-order valence-electron chi connectivity index (χ1n) is 5.74. The lowest BCUT2D eigenvalue weighted by atomic mass is 10.0. The van der Waals surface area contributed by atoms with Gasteiger partial charge in [-0.2, -0.15) is 0 Å². The Morgan fingerprint density at radius 2 is 1.68 bits per heavy atom. The largest absolute Gasteiger partial charge is 0.573 e. The van der Waals surface area contributed by atoms with Gasteiger partial charge >= 0.3 is 6.36 Å². The predicted octanol–water partition coefficient (Wildman–Crippen LogP) is 3.14. The van der Waals surface area contributed by atoms with Gasteiger partial charge in [-0.15, -0.1) is 25.6 Å². The van der Waals surface area contributed by atoms with E-state index in [0.717, 1.165) is 24.8 Å².